The van der Waals surface area contributed by atoms with Crippen LogP contribution in [0.4, 0.5) is 17.1 Å². The molecule has 14 rings (SSSR count). The summed E-state index contributed by atoms with van der Waals surface area (Å²) in [5.74, 6) is 0. The minimum absolute atomic E-state index is 0.542. The van der Waals surface area contributed by atoms with Gasteiger partial charge in [0.2, 0.25) is 0 Å². The van der Waals surface area contributed by atoms with Gasteiger partial charge >= 0.3 is 0 Å². The molecular weight excluding hydrogens is 849 g/mol. The molecule has 2 aromatic heterocycles. The normalized spacial score (nSPS) is 12.7. The van der Waals surface area contributed by atoms with Crippen molar-refractivity contribution >= 4 is 60.8 Å². The van der Waals surface area contributed by atoms with E-state index in [-0.39, 0.29) is 0 Å². The summed E-state index contributed by atoms with van der Waals surface area (Å²) in [7, 11) is 0. The highest BCUT2D eigenvalue weighted by Crippen LogP contribution is 2.57. The van der Waals surface area contributed by atoms with E-state index in [0.717, 1.165) is 55.8 Å². The first-order valence-electron chi connectivity index (χ1n) is 24.1. The highest BCUT2D eigenvalue weighted by molar-refractivity contribution is 6.14. The van der Waals surface area contributed by atoms with Gasteiger partial charge in [-0.15, -0.1) is 0 Å². The molecule has 0 N–H and O–H groups in total. The average Bonchev–Trinajstić information content (AvgIpc) is 4.08. The van der Waals surface area contributed by atoms with Crippen LogP contribution in [0.5, 0.6) is 0 Å². The minimum atomic E-state index is -0.542. The van der Waals surface area contributed by atoms with E-state index in [1.54, 1.807) is 0 Å². The van der Waals surface area contributed by atoms with Crippen molar-refractivity contribution < 1.29 is 4.42 Å². The van der Waals surface area contributed by atoms with Crippen molar-refractivity contribution in [3.8, 4) is 39.1 Å². The average molecular weight is 893 g/mol. The molecule has 1 aliphatic carbocycles. The first-order chi connectivity index (χ1) is 34.7. The third-order valence-electron chi connectivity index (χ3n) is 14.7. The van der Waals surface area contributed by atoms with Gasteiger partial charge in [-0.3, -0.25) is 0 Å². The molecule has 0 unspecified atom stereocenters. The third-order valence-corrected chi connectivity index (χ3v) is 14.7. The number of fused-ring (bicyclic) bond motifs is 9. The number of furan rings is 1. The van der Waals surface area contributed by atoms with Crippen LogP contribution in [0.15, 0.2) is 271 Å². The fourth-order valence-corrected chi connectivity index (χ4v) is 11.7. The van der Waals surface area contributed by atoms with Crippen LogP contribution in [0.2, 0.25) is 0 Å². The van der Waals surface area contributed by atoms with Gasteiger partial charge in [-0.2, -0.15) is 0 Å². The van der Waals surface area contributed by atoms with Crippen LogP contribution >= 0.6 is 0 Å². The molecule has 0 radical (unpaired) electrons. The van der Waals surface area contributed by atoms with E-state index in [0.29, 0.717) is 0 Å². The summed E-state index contributed by atoms with van der Waals surface area (Å²) in [4.78, 5) is 2.43. The number of rotatable bonds is 8. The van der Waals surface area contributed by atoms with Gasteiger partial charge in [0.05, 0.1) is 33.2 Å². The Morgan fingerprint density at radius 1 is 0.343 bits per heavy atom. The third kappa shape index (κ3) is 6.01. The van der Waals surface area contributed by atoms with Crippen molar-refractivity contribution in [1.29, 1.82) is 0 Å². The van der Waals surface area contributed by atoms with E-state index in [1.807, 2.05) is 6.07 Å². The van der Waals surface area contributed by atoms with Crippen molar-refractivity contribution in [1.82, 2.24) is 4.57 Å². The van der Waals surface area contributed by atoms with Gasteiger partial charge in [0.25, 0.3) is 0 Å². The molecule has 0 amide bonds. The molecule has 1 aliphatic rings. The number of hydrogen-bond acceptors (Lipinski definition) is 2. The van der Waals surface area contributed by atoms with Gasteiger partial charge in [-0.1, -0.05) is 200 Å². The zero-order chi connectivity index (χ0) is 46.2. The van der Waals surface area contributed by atoms with E-state index in [4.69, 9.17) is 4.42 Å². The number of benzene rings is 11. The molecule has 2 heterocycles. The Hall–Kier alpha value is -9.18. The van der Waals surface area contributed by atoms with Crippen LogP contribution in [0, 0.1) is 0 Å². The molecule has 70 heavy (non-hydrogen) atoms. The number of nitrogens with zero attached hydrogens (tertiary/aromatic N) is 2. The highest BCUT2D eigenvalue weighted by atomic mass is 16.3. The van der Waals surface area contributed by atoms with E-state index < -0.39 is 5.41 Å². The molecule has 0 aliphatic heterocycles. The van der Waals surface area contributed by atoms with Gasteiger partial charge in [0.1, 0.15) is 11.2 Å². The monoisotopic (exact) mass is 892 g/mol. The molecule has 328 valence electrons. The van der Waals surface area contributed by atoms with E-state index >= 15 is 0 Å². The lowest BCUT2D eigenvalue weighted by Gasteiger charge is -2.35. The number of hydrogen-bond donors (Lipinski definition) is 0. The van der Waals surface area contributed by atoms with Crippen molar-refractivity contribution in [2.24, 2.45) is 0 Å². The van der Waals surface area contributed by atoms with Gasteiger partial charge in [-0.25, -0.2) is 0 Å². The maximum absolute atomic E-state index is 6.55. The van der Waals surface area contributed by atoms with Crippen molar-refractivity contribution in [2.45, 2.75) is 5.41 Å². The van der Waals surface area contributed by atoms with Crippen LogP contribution in [0.1, 0.15) is 22.3 Å². The molecule has 3 heteroatoms. The van der Waals surface area contributed by atoms with Crippen LogP contribution in [0.3, 0.4) is 0 Å². The van der Waals surface area contributed by atoms with Crippen LogP contribution in [-0.2, 0) is 5.41 Å². The van der Waals surface area contributed by atoms with E-state index in [9.17, 15) is 0 Å². The second kappa shape index (κ2) is 16.0. The molecule has 11 aromatic carbocycles. The second-order valence-electron chi connectivity index (χ2n) is 18.4. The van der Waals surface area contributed by atoms with E-state index in [1.165, 1.54) is 66.3 Å². The van der Waals surface area contributed by atoms with Crippen molar-refractivity contribution in [3.05, 3.63) is 289 Å². The molecule has 0 saturated heterocycles. The van der Waals surface area contributed by atoms with Gasteiger partial charge < -0.3 is 13.9 Å². The number of para-hydroxylation sites is 4. The summed E-state index contributed by atoms with van der Waals surface area (Å²) < 4.78 is 8.97. The van der Waals surface area contributed by atoms with E-state index in [2.05, 4.69) is 270 Å². The largest absolute Gasteiger partial charge is 0.456 e. The molecule has 0 bridgehead atoms. The predicted molar refractivity (Wildman–Crippen MR) is 291 cm³/mol. The number of anilines is 3. The lowest BCUT2D eigenvalue weighted by Crippen LogP contribution is -2.28. The summed E-state index contributed by atoms with van der Waals surface area (Å²) in [6.45, 7) is 0. The Balaban J connectivity index is 0.932. The van der Waals surface area contributed by atoms with Gasteiger partial charge in [0, 0.05) is 33.1 Å². The Bertz CT molecular complexity index is 4030. The molecule has 3 nitrogen and oxygen atoms in total. The Kier molecular flexibility index (Phi) is 9.11. The van der Waals surface area contributed by atoms with Crippen LogP contribution in [0.25, 0.3) is 82.8 Å². The summed E-state index contributed by atoms with van der Waals surface area (Å²) in [5.41, 5.74) is 20.1. The summed E-state index contributed by atoms with van der Waals surface area (Å²) in [6.07, 6.45) is 0. The fraction of sp³-hybridized carbons (Fsp3) is 0.0149. The maximum Gasteiger partial charge on any atom is 0.137 e. The fourth-order valence-electron chi connectivity index (χ4n) is 11.7. The molecule has 0 atom stereocenters. The molecule has 0 spiro atoms. The lowest BCUT2D eigenvalue weighted by molar-refractivity contribution is 0.669. The quantitative estimate of drug-likeness (QED) is 0.152. The van der Waals surface area contributed by atoms with Gasteiger partial charge in [0.15, 0.2) is 0 Å². The summed E-state index contributed by atoms with van der Waals surface area (Å²) in [5, 5.41) is 4.68. The zero-order valence-electron chi connectivity index (χ0n) is 38.2. The van der Waals surface area contributed by atoms with Gasteiger partial charge in [-0.05, 0) is 117 Å². The van der Waals surface area contributed by atoms with Crippen molar-refractivity contribution in [2.75, 3.05) is 4.90 Å². The molecule has 13 aromatic rings. The standard InChI is InChI=1S/C67H44N2O/c1-3-21-48(22-4-1)67(49-23-5-2-6-24-49)58-30-12-7-26-53(58)54-42-41-51(44-59(54)67)68(63-34-18-36-65-66(63)57-29-11-16-35-64(57)70-65)50-39-37-45(38-40-50)46-19-17-20-47(43-46)52-25-8-13-31-60(52)69-61-32-14-9-27-55(61)56-28-10-15-33-62(56)69/h1-44H. The molecule has 0 fully saturated rings. The zero-order valence-corrected chi connectivity index (χ0v) is 38.2. The number of aromatic nitrogens is 1. The Labute approximate surface area is 406 Å². The predicted octanol–water partition coefficient (Wildman–Crippen LogP) is 17.8. The highest BCUT2D eigenvalue weighted by Gasteiger charge is 2.46. The lowest BCUT2D eigenvalue weighted by atomic mass is 9.67. The second-order valence-corrected chi connectivity index (χ2v) is 18.4. The molecular formula is C67H44N2O. The SMILES string of the molecule is c1ccc(C2(c3ccccc3)c3ccccc3-c3ccc(N(c4ccc(-c5cccc(-c6ccccc6-n6c7ccccc7c7ccccc76)c5)cc4)c4cccc5oc6ccccc6c45)cc32)cc1. The van der Waals surface area contributed by atoms with Crippen molar-refractivity contribution in [3.63, 3.8) is 0 Å². The van der Waals surface area contributed by atoms with Crippen LogP contribution in [-0.4, -0.2) is 4.57 Å². The maximum atomic E-state index is 6.55. The Morgan fingerprint density at radius 2 is 0.900 bits per heavy atom. The molecule has 0 saturated carbocycles. The first kappa shape index (κ1) is 39.9. The topological polar surface area (TPSA) is 21.3 Å². The minimum Gasteiger partial charge on any atom is -0.456 e. The first-order valence-corrected chi connectivity index (χ1v) is 24.1. The van der Waals surface area contributed by atoms with Crippen LogP contribution < -0.4 is 4.90 Å². The smallest absolute Gasteiger partial charge is 0.137 e. The Morgan fingerprint density at radius 3 is 1.64 bits per heavy atom. The summed E-state index contributed by atoms with van der Waals surface area (Å²) >= 11 is 0. The summed E-state index contributed by atoms with van der Waals surface area (Å²) in [6, 6.07) is 97.3.